The first-order valence-electron chi connectivity index (χ1n) is 8.45. The Morgan fingerprint density at radius 1 is 1.30 bits per heavy atom. The Hall–Kier alpha value is -1.10. The predicted molar refractivity (Wildman–Crippen MR) is 89.4 cm³/mol. The topological polar surface area (TPSA) is 49.8 Å². The first-order chi connectivity index (χ1) is 11.1. The van der Waals surface area contributed by atoms with Crippen LogP contribution in [0.2, 0.25) is 5.02 Å². The maximum absolute atomic E-state index is 12.7. The molecule has 1 N–H and O–H groups in total. The molecule has 0 bridgehead atoms. The Balaban J connectivity index is 1.60. The molecule has 1 saturated heterocycles. The van der Waals surface area contributed by atoms with Crippen LogP contribution in [0.3, 0.4) is 0 Å². The highest BCUT2D eigenvalue weighted by Gasteiger charge is 2.39. The van der Waals surface area contributed by atoms with Gasteiger partial charge in [0.05, 0.1) is 25.4 Å². The number of hydrogen-bond donors (Lipinski definition) is 1. The smallest absolute Gasteiger partial charge is 0.223 e. The van der Waals surface area contributed by atoms with Crippen molar-refractivity contribution in [1.29, 1.82) is 0 Å². The highest BCUT2D eigenvalue weighted by molar-refractivity contribution is 6.30. The molecule has 0 aromatic heterocycles. The molecule has 23 heavy (non-hydrogen) atoms. The number of hydrogen-bond acceptors (Lipinski definition) is 3. The summed E-state index contributed by atoms with van der Waals surface area (Å²) in [6.45, 7) is 1.77. The second kappa shape index (κ2) is 7.65. The summed E-state index contributed by atoms with van der Waals surface area (Å²) in [5, 5.41) is 10.9. The van der Waals surface area contributed by atoms with Crippen molar-refractivity contribution in [2.45, 2.75) is 44.2 Å². The number of morpholine rings is 1. The number of carbonyl (C=O) groups is 1. The molecule has 1 amide bonds. The molecule has 1 aromatic rings. The van der Waals surface area contributed by atoms with Gasteiger partial charge < -0.3 is 14.7 Å². The van der Waals surface area contributed by atoms with Gasteiger partial charge >= 0.3 is 0 Å². The van der Waals surface area contributed by atoms with Crippen LogP contribution >= 0.6 is 11.6 Å². The van der Waals surface area contributed by atoms with Crippen LogP contribution in [0.4, 0.5) is 0 Å². The minimum atomic E-state index is -0.298. The number of carbonyl (C=O) groups excluding carboxylic acids is 1. The van der Waals surface area contributed by atoms with Gasteiger partial charge in [0.25, 0.3) is 0 Å². The molecule has 2 aliphatic rings. The van der Waals surface area contributed by atoms with E-state index in [0.717, 1.165) is 24.8 Å². The van der Waals surface area contributed by atoms with Gasteiger partial charge in [-0.1, -0.05) is 30.2 Å². The number of nitrogens with zero attached hydrogens (tertiary/aromatic N) is 1. The third-order valence-electron chi connectivity index (χ3n) is 5.05. The Labute approximate surface area is 142 Å². The summed E-state index contributed by atoms with van der Waals surface area (Å²) in [7, 11) is 0. The van der Waals surface area contributed by atoms with Gasteiger partial charge in [-0.05, 0) is 37.0 Å². The molecular formula is C18H24ClNO3. The maximum Gasteiger partial charge on any atom is 0.223 e. The van der Waals surface area contributed by atoms with Crippen LogP contribution in [0.15, 0.2) is 24.3 Å². The SMILES string of the molecule is O=C(CCc1ccc(Cl)cc1)N1CCOCC1C1CCCC1O. The Bertz CT molecular complexity index is 534. The zero-order chi connectivity index (χ0) is 16.2. The van der Waals surface area contributed by atoms with E-state index < -0.39 is 0 Å². The number of aliphatic hydroxyl groups excluding tert-OH is 1. The van der Waals surface area contributed by atoms with Crippen LogP contribution in [0.25, 0.3) is 0 Å². The lowest BCUT2D eigenvalue weighted by atomic mass is 9.93. The number of amides is 1. The summed E-state index contributed by atoms with van der Waals surface area (Å²) in [6.07, 6.45) is 3.77. The largest absolute Gasteiger partial charge is 0.393 e. The standard InChI is InChI=1S/C18H24ClNO3/c19-14-7-4-13(5-8-14)6-9-18(22)20-10-11-23-12-16(20)15-2-1-3-17(15)21/h4-5,7-8,15-17,21H,1-3,6,9-12H2. The van der Waals surface area contributed by atoms with Gasteiger partial charge in [-0.3, -0.25) is 4.79 Å². The highest BCUT2D eigenvalue weighted by atomic mass is 35.5. The van der Waals surface area contributed by atoms with Gasteiger partial charge in [0, 0.05) is 23.9 Å². The Morgan fingerprint density at radius 2 is 2.09 bits per heavy atom. The van der Waals surface area contributed by atoms with Crippen molar-refractivity contribution >= 4 is 17.5 Å². The molecule has 4 nitrogen and oxygen atoms in total. The molecule has 1 aromatic carbocycles. The van der Waals surface area contributed by atoms with Crippen molar-refractivity contribution in [3.05, 3.63) is 34.9 Å². The van der Waals surface area contributed by atoms with Crippen LogP contribution < -0.4 is 0 Å². The fraction of sp³-hybridized carbons (Fsp3) is 0.611. The fourth-order valence-corrected chi connectivity index (χ4v) is 3.88. The van der Waals surface area contributed by atoms with Crippen molar-refractivity contribution in [3.63, 3.8) is 0 Å². The molecule has 3 unspecified atom stereocenters. The monoisotopic (exact) mass is 337 g/mol. The second-order valence-electron chi connectivity index (χ2n) is 6.52. The van der Waals surface area contributed by atoms with E-state index in [9.17, 15) is 9.90 Å². The molecule has 126 valence electrons. The maximum atomic E-state index is 12.7. The molecule has 0 radical (unpaired) electrons. The third kappa shape index (κ3) is 4.06. The summed E-state index contributed by atoms with van der Waals surface area (Å²) >= 11 is 5.89. The van der Waals surface area contributed by atoms with Gasteiger partial charge in [0.15, 0.2) is 0 Å². The molecule has 1 heterocycles. The zero-order valence-electron chi connectivity index (χ0n) is 13.3. The van der Waals surface area contributed by atoms with Crippen LogP contribution in [0.1, 0.15) is 31.2 Å². The second-order valence-corrected chi connectivity index (χ2v) is 6.95. The zero-order valence-corrected chi connectivity index (χ0v) is 14.0. The van der Waals surface area contributed by atoms with Crippen molar-refractivity contribution < 1.29 is 14.6 Å². The lowest BCUT2D eigenvalue weighted by Gasteiger charge is -2.40. The fourth-order valence-electron chi connectivity index (χ4n) is 3.75. The number of rotatable bonds is 4. The van der Waals surface area contributed by atoms with E-state index in [4.69, 9.17) is 16.3 Å². The molecule has 1 aliphatic carbocycles. The first-order valence-corrected chi connectivity index (χ1v) is 8.82. The van der Waals surface area contributed by atoms with Crippen LogP contribution in [0.5, 0.6) is 0 Å². The first kappa shape index (κ1) is 16.7. The molecule has 3 atom stereocenters. The van der Waals surface area contributed by atoms with Crippen LogP contribution in [0, 0.1) is 5.92 Å². The molecular weight excluding hydrogens is 314 g/mol. The summed E-state index contributed by atoms with van der Waals surface area (Å²) in [6, 6.07) is 7.67. The third-order valence-corrected chi connectivity index (χ3v) is 5.30. The van der Waals surface area contributed by atoms with Gasteiger partial charge in [-0.15, -0.1) is 0 Å². The van der Waals surface area contributed by atoms with Crippen molar-refractivity contribution in [2.24, 2.45) is 5.92 Å². The van der Waals surface area contributed by atoms with Gasteiger partial charge in [0.1, 0.15) is 0 Å². The molecule has 5 heteroatoms. The number of aryl methyl sites for hydroxylation is 1. The minimum Gasteiger partial charge on any atom is -0.393 e. The number of aliphatic hydroxyl groups is 1. The highest BCUT2D eigenvalue weighted by Crippen LogP contribution is 2.32. The van der Waals surface area contributed by atoms with E-state index >= 15 is 0 Å². The summed E-state index contributed by atoms with van der Waals surface area (Å²) in [4.78, 5) is 14.6. The normalized spacial score (nSPS) is 28.1. The molecule has 3 rings (SSSR count). The van der Waals surface area contributed by atoms with E-state index in [1.165, 1.54) is 0 Å². The number of benzene rings is 1. The summed E-state index contributed by atoms with van der Waals surface area (Å²) in [5.41, 5.74) is 1.12. The van der Waals surface area contributed by atoms with Gasteiger partial charge in [-0.25, -0.2) is 0 Å². The quantitative estimate of drug-likeness (QED) is 0.919. The summed E-state index contributed by atoms with van der Waals surface area (Å²) in [5.74, 6) is 0.321. The van der Waals surface area contributed by atoms with Crippen molar-refractivity contribution in [3.8, 4) is 0 Å². The average molecular weight is 338 g/mol. The van der Waals surface area contributed by atoms with E-state index in [1.807, 2.05) is 29.2 Å². The summed E-state index contributed by atoms with van der Waals surface area (Å²) < 4.78 is 5.58. The number of ether oxygens (including phenoxy) is 1. The number of halogens is 1. The molecule has 0 spiro atoms. The van der Waals surface area contributed by atoms with Gasteiger partial charge in [0.2, 0.25) is 5.91 Å². The van der Waals surface area contributed by atoms with Crippen LogP contribution in [-0.4, -0.2) is 47.8 Å². The Morgan fingerprint density at radius 3 is 2.78 bits per heavy atom. The van der Waals surface area contributed by atoms with E-state index in [2.05, 4.69) is 0 Å². The van der Waals surface area contributed by atoms with E-state index in [1.54, 1.807) is 0 Å². The predicted octanol–water partition coefficient (Wildman–Crippen LogP) is 2.66. The van der Waals surface area contributed by atoms with Gasteiger partial charge in [-0.2, -0.15) is 0 Å². The molecule has 1 aliphatic heterocycles. The average Bonchev–Trinajstić information content (AvgIpc) is 3.00. The molecule has 2 fully saturated rings. The lowest BCUT2D eigenvalue weighted by molar-refractivity contribution is -0.143. The van der Waals surface area contributed by atoms with Crippen LogP contribution in [-0.2, 0) is 16.0 Å². The van der Waals surface area contributed by atoms with E-state index in [0.29, 0.717) is 37.6 Å². The minimum absolute atomic E-state index is 0.0268. The Kier molecular flexibility index (Phi) is 5.57. The van der Waals surface area contributed by atoms with Crippen molar-refractivity contribution in [1.82, 2.24) is 4.90 Å². The molecule has 1 saturated carbocycles. The lowest BCUT2D eigenvalue weighted by Crippen LogP contribution is -2.53. The van der Waals surface area contributed by atoms with E-state index in [-0.39, 0.29) is 24.0 Å². The van der Waals surface area contributed by atoms with Crippen molar-refractivity contribution in [2.75, 3.05) is 19.8 Å².